The van der Waals surface area contributed by atoms with E-state index in [-0.39, 0.29) is 12.2 Å². The maximum Gasteiger partial charge on any atom is 0.231 e. The van der Waals surface area contributed by atoms with Crippen LogP contribution < -0.4 is 19.9 Å². The molecule has 1 aromatic rings. The number of nitrogens with two attached hydrogens (primary N) is 1. The first-order valence-corrected chi connectivity index (χ1v) is 6.75. The van der Waals surface area contributed by atoms with E-state index in [1.54, 1.807) is 0 Å². The van der Waals surface area contributed by atoms with Crippen molar-refractivity contribution in [3.63, 3.8) is 0 Å². The number of rotatable bonds is 5. The topological polar surface area (TPSA) is 53.7 Å². The molecule has 4 heteroatoms. The molecule has 2 N–H and O–H groups in total. The van der Waals surface area contributed by atoms with E-state index in [1.165, 1.54) is 0 Å². The Labute approximate surface area is 114 Å². The molecular formula is C15H23NO3. The van der Waals surface area contributed by atoms with Gasteiger partial charge in [0.05, 0.1) is 6.61 Å². The predicted molar refractivity (Wildman–Crippen MR) is 74.9 cm³/mol. The third-order valence-corrected chi connectivity index (χ3v) is 3.08. The van der Waals surface area contributed by atoms with E-state index < -0.39 is 0 Å². The third kappa shape index (κ3) is 3.77. The van der Waals surface area contributed by atoms with Crippen molar-refractivity contribution in [2.75, 3.05) is 19.9 Å². The first kappa shape index (κ1) is 14.0. The van der Waals surface area contributed by atoms with Gasteiger partial charge in [-0.1, -0.05) is 20.8 Å². The molecule has 1 aliphatic rings. The van der Waals surface area contributed by atoms with Crippen LogP contribution in [-0.2, 0) is 6.42 Å². The maximum atomic E-state index is 5.90. The van der Waals surface area contributed by atoms with Gasteiger partial charge in [-0.15, -0.1) is 0 Å². The summed E-state index contributed by atoms with van der Waals surface area (Å²) in [7, 11) is 0. The van der Waals surface area contributed by atoms with Gasteiger partial charge in [0.15, 0.2) is 11.5 Å². The monoisotopic (exact) mass is 265 g/mol. The summed E-state index contributed by atoms with van der Waals surface area (Å²) in [4.78, 5) is 0. The zero-order valence-electron chi connectivity index (χ0n) is 12.0. The lowest BCUT2D eigenvalue weighted by molar-refractivity contribution is 0.173. The SMILES string of the molecule is CC(C)(C)CCOc1cc2c(cc1CCN)OCO2. The number of hydrogen-bond acceptors (Lipinski definition) is 4. The maximum absolute atomic E-state index is 5.90. The fourth-order valence-electron chi connectivity index (χ4n) is 1.92. The van der Waals surface area contributed by atoms with Gasteiger partial charge in [-0.3, -0.25) is 0 Å². The van der Waals surface area contributed by atoms with Crippen LogP contribution in [0.25, 0.3) is 0 Å². The van der Waals surface area contributed by atoms with E-state index in [0.29, 0.717) is 13.2 Å². The van der Waals surface area contributed by atoms with E-state index in [9.17, 15) is 0 Å². The van der Waals surface area contributed by atoms with Crippen LogP contribution >= 0.6 is 0 Å². The van der Waals surface area contributed by atoms with Gasteiger partial charge in [0.2, 0.25) is 6.79 Å². The summed E-state index contributed by atoms with van der Waals surface area (Å²) in [5, 5.41) is 0. The van der Waals surface area contributed by atoms with Crippen LogP contribution in [0, 0.1) is 5.41 Å². The second-order valence-corrected chi connectivity index (χ2v) is 6.01. The molecule has 0 aliphatic carbocycles. The Hall–Kier alpha value is -1.42. The van der Waals surface area contributed by atoms with E-state index in [4.69, 9.17) is 19.9 Å². The summed E-state index contributed by atoms with van der Waals surface area (Å²) in [6.07, 6.45) is 1.78. The molecule has 1 aromatic carbocycles. The van der Waals surface area contributed by atoms with E-state index in [1.807, 2.05) is 12.1 Å². The second kappa shape index (κ2) is 5.70. The lowest BCUT2D eigenvalue weighted by Crippen LogP contribution is -2.12. The minimum atomic E-state index is 0.268. The Bertz CT molecular complexity index is 438. The highest BCUT2D eigenvalue weighted by atomic mass is 16.7. The number of fused-ring (bicyclic) bond motifs is 1. The van der Waals surface area contributed by atoms with Gasteiger partial charge < -0.3 is 19.9 Å². The quantitative estimate of drug-likeness (QED) is 0.889. The number of benzene rings is 1. The van der Waals surface area contributed by atoms with Crippen molar-refractivity contribution in [2.24, 2.45) is 11.1 Å². The van der Waals surface area contributed by atoms with Gasteiger partial charge in [-0.05, 0) is 36.4 Å². The molecule has 0 bridgehead atoms. The van der Waals surface area contributed by atoms with Crippen LogP contribution in [0.2, 0.25) is 0 Å². The van der Waals surface area contributed by atoms with E-state index in [2.05, 4.69) is 20.8 Å². The molecule has 0 saturated heterocycles. The summed E-state index contributed by atoms with van der Waals surface area (Å²) in [5.74, 6) is 2.40. The van der Waals surface area contributed by atoms with Crippen molar-refractivity contribution in [1.29, 1.82) is 0 Å². The number of ether oxygens (including phenoxy) is 3. The van der Waals surface area contributed by atoms with E-state index >= 15 is 0 Å². The molecule has 106 valence electrons. The third-order valence-electron chi connectivity index (χ3n) is 3.08. The highest BCUT2D eigenvalue weighted by Gasteiger charge is 2.18. The Kier molecular flexibility index (Phi) is 4.20. The minimum Gasteiger partial charge on any atom is -0.493 e. The standard InChI is InChI=1S/C15H23NO3/c1-15(2,3)5-7-17-12-9-14-13(18-10-19-14)8-11(12)4-6-16/h8-9H,4-7,10,16H2,1-3H3. The molecule has 0 spiro atoms. The van der Waals surface area contributed by atoms with Gasteiger partial charge in [-0.2, -0.15) is 0 Å². The highest BCUT2D eigenvalue weighted by Crippen LogP contribution is 2.38. The minimum absolute atomic E-state index is 0.268. The molecule has 1 heterocycles. The smallest absolute Gasteiger partial charge is 0.231 e. The van der Waals surface area contributed by atoms with Crippen molar-refractivity contribution in [2.45, 2.75) is 33.6 Å². The fourth-order valence-corrected chi connectivity index (χ4v) is 1.92. The molecule has 0 amide bonds. The molecule has 2 rings (SSSR count). The molecule has 19 heavy (non-hydrogen) atoms. The molecule has 0 fully saturated rings. The molecule has 0 atom stereocenters. The zero-order chi connectivity index (χ0) is 13.9. The molecule has 1 aliphatic heterocycles. The molecule has 4 nitrogen and oxygen atoms in total. The van der Waals surface area contributed by atoms with Crippen molar-refractivity contribution in [3.05, 3.63) is 17.7 Å². The number of hydrogen-bond donors (Lipinski definition) is 1. The average Bonchev–Trinajstić information content (AvgIpc) is 2.75. The van der Waals surface area contributed by atoms with Crippen LogP contribution in [-0.4, -0.2) is 19.9 Å². The van der Waals surface area contributed by atoms with E-state index in [0.717, 1.165) is 35.7 Å². The van der Waals surface area contributed by atoms with Gasteiger partial charge in [0, 0.05) is 6.07 Å². The highest BCUT2D eigenvalue weighted by molar-refractivity contribution is 5.52. The van der Waals surface area contributed by atoms with Gasteiger partial charge in [0.25, 0.3) is 0 Å². The largest absolute Gasteiger partial charge is 0.493 e. The summed E-state index contributed by atoms with van der Waals surface area (Å²) >= 11 is 0. The van der Waals surface area contributed by atoms with Crippen molar-refractivity contribution < 1.29 is 14.2 Å². The Morgan fingerprint density at radius 3 is 2.53 bits per heavy atom. The first-order chi connectivity index (χ1) is 8.99. The summed E-state index contributed by atoms with van der Waals surface area (Å²) in [5.41, 5.74) is 7.00. The van der Waals surface area contributed by atoms with Crippen molar-refractivity contribution in [1.82, 2.24) is 0 Å². The lowest BCUT2D eigenvalue weighted by Gasteiger charge is -2.19. The first-order valence-electron chi connectivity index (χ1n) is 6.75. The Balaban J connectivity index is 2.09. The molecule has 0 unspecified atom stereocenters. The van der Waals surface area contributed by atoms with Crippen LogP contribution in [0.15, 0.2) is 12.1 Å². The van der Waals surface area contributed by atoms with Crippen LogP contribution in [0.3, 0.4) is 0 Å². The fraction of sp³-hybridized carbons (Fsp3) is 0.600. The van der Waals surface area contributed by atoms with Crippen molar-refractivity contribution >= 4 is 0 Å². The van der Waals surface area contributed by atoms with Crippen LogP contribution in [0.1, 0.15) is 32.8 Å². The summed E-state index contributed by atoms with van der Waals surface area (Å²) in [6, 6.07) is 3.89. The summed E-state index contributed by atoms with van der Waals surface area (Å²) in [6.45, 7) is 8.18. The van der Waals surface area contributed by atoms with Crippen LogP contribution in [0.4, 0.5) is 0 Å². The van der Waals surface area contributed by atoms with Gasteiger partial charge >= 0.3 is 0 Å². The predicted octanol–water partition coefficient (Wildman–Crippen LogP) is 2.73. The van der Waals surface area contributed by atoms with Crippen molar-refractivity contribution in [3.8, 4) is 17.2 Å². The van der Waals surface area contributed by atoms with Crippen LogP contribution in [0.5, 0.6) is 17.2 Å². The molecule has 0 saturated carbocycles. The Morgan fingerprint density at radius 2 is 1.89 bits per heavy atom. The average molecular weight is 265 g/mol. The second-order valence-electron chi connectivity index (χ2n) is 6.01. The molecular weight excluding hydrogens is 242 g/mol. The van der Waals surface area contributed by atoms with Gasteiger partial charge in [0.1, 0.15) is 5.75 Å². The molecule has 0 radical (unpaired) electrons. The van der Waals surface area contributed by atoms with Gasteiger partial charge in [-0.25, -0.2) is 0 Å². The zero-order valence-corrected chi connectivity index (χ0v) is 12.0. The summed E-state index contributed by atoms with van der Waals surface area (Å²) < 4.78 is 16.7. The normalized spacial score (nSPS) is 13.7. The Morgan fingerprint density at radius 1 is 1.21 bits per heavy atom. The lowest BCUT2D eigenvalue weighted by atomic mass is 9.93. The molecule has 0 aromatic heterocycles.